The number of hydrogen-bond acceptors (Lipinski definition) is 3. The number of hydrogen-bond donors (Lipinski definition) is 1. The summed E-state index contributed by atoms with van der Waals surface area (Å²) in [5.74, 6) is 0.567. The van der Waals surface area contributed by atoms with Gasteiger partial charge in [-0.3, -0.25) is 9.59 Å². The van der Waals surface area contributed by atoms with Crippen molar-refractivity contribution < 1.29 is 9.59 Å². The van der Waals surface area contributed by atoms with Crippen LogP contribution in [0, 0.1) is 6.92 Å². The lowest BCUT2D eigenvalue weighted by molar-refractivity contribution is -0.139. The standard InChI is InChI=1S/C31H34Cl2N2O2S/c1-22-14-16-24(17-15-22)19-35(30(36)21-38-20-26-27(32)12-7-13-28(26)33)29(18-23-8-3-2-4-9-23)31(37)34-25-10-5-6-11-25/h2-4,7-9,12-17,25,29H,5-6,10-11,18-21H2,1H3,(H,34,37)/t29-/m1/s1. The van der Waals surface area contributed by atoms with Gasteiger partial charge in [-0.25, -0.2) is 0 Å². The summed E-state index contributed by atoms with van der Waals surface area (Å²) in [7, 11) is 0. The molecule has 0 saturated heterocycles. The Morgan fingerprint density at radius 1 is 0.921 bits per heavy atom. The van der Waals surface area contributed by atoms with Gasteiger partial charge in [0.05, 0.1) is 5.75 Å². The maximum Gasteiger partial charge on any atom is 0.243 e. The third kappa shape index (κ3) is 8.02. The number of thioether (sulfide) groups is 1. The number of benzene rings is 3. The lowest BCUT2D eigenvalue weighted by Crippen LogP contribution is -2.52. The number of nitrogens with one attached hydrogen (secondary N) is 1. The first kappa shape index (κ1) is 28.5. The van der Waals surface area contributed by atoms with Gasteiger partial charge in [-0.2, -0.15) is 0 Å². The van der Waals surface area contributed by atoms with Crippen molar-refractivity contribution in [3.05, 3.63) is 105 Å². The van der Waals surface area contributed by atoms with E-state index < -0.39 is 6.04 Å². The van der Waals surface area contributed by atoms with Crippen LogP contribution in [0.15, 0.2) is 72.8 Å². The summed E-state index contributed by atoms with van der Waals surface area (Å²) >= 11 is 14.1. The van der Waals surface area contributed by atoms with Crippen molar-refractivity contribution in [2.24, 2.45) is 0 Å². The first-order valence-electron chi connectivity index (χ1n) is 13.1. The molecule has 4 rings (SSSR count). The number of amides is 2. The fourth-order valence-electron chi connectivity index (χ4n) is 4.81. The number of halogens is 2. The fraction of sp³-hybridized carbons (Fsp3) is 0.355. The smallest absolute Gasteiger partial charge is 0.243 e. The highest BCUT2D eigenvalue weighted by Gasteiger charge is 2.32. The van der Waals surface area contributed by atoms with Gasteiger partial charge in [-0.1, -0.05) is 102 Å². The Bertz CT molecular complexity index is 1190. The molecule has 0 heterocycles. The van der Waals surface area contributed by atoms with Crippen molar-refractivity contribution >= 4 is 46.8 Å². The Kier molecular flexibility index (Phi) is 10.6. The summed E-state index contributed by atoms with van der Waals surface area (Å²) in [6, 6.07) is 23.0. The number of carbonyl (C=O) groups excluding carboxylic acids is 2. The van der Waals surface area contributed by atoms with Crippen LogP contribution in [0.25, 0.3) is 0 Å². The first-order chi connectivity index (χ1) is 18.4. The van der Waals surface area contributed by atoms with Crippen molar-refractivity contribution in [3.63, 3.8) is 0 Å². The van der Waals surface area contributed by atoms with Gasteiger partial charge in [0.25, 0.3) is 0 Å². The molecule has 3 aromatic carbocycles. The molecule has 1 N–H and O–H groups in total. The summed E-state index contributed by atoms with van der Waals surface area (Å²) in [6.45, 7) is 2.40. The molecule has 1 atom stereocenters. The van der Waals surface area contributed by atoms with E-state index in [2.05, 4.69) is 5.32 Å². The van der Waals surface area contributed by atoms with Crippen LogP contribution in [0.4, 0.5) is 0 Å². The maximum atomic E-state index is 13.8. The predicted octanol–water partition coefficient (Wildman–Crippen LogP) is 7.23. The summed E-state index contributed by atoms with van der Waals surface area (Å²) in [5.41, 5.74) is 3.99. The lowest BCUT2D eigenvalue weighted by atomic mass is 10.0. The molecular weight excluding hydrogens is 535 g/mol. The second-order valence-corrected chi connectivity index (χ2v) is 11.7. The number of carbonyl (C=O) groups is 2. The average Bonchev–Trinajstić information content (AvgIpc) is 3.42. The van der Waals surface area contributed by atoms with Gasteiger partial charge in [0, 0.05) is 34.8 Å². The lowest BCUT2D eigenvalue weighted by Gasteiger charge is -2.32. The van der Waals surface area contributed by atoms with Crippen LogP contribution in [-0.4, -0.2) is 34.6 Å². The van der Waals surface area contributed by atoms with Gasteiger partial charge in [0.1, 0.15) is 6.04 Å². The van der Waals surface area contributed by atoms with Gasteiger partial charge in [0.2, 0.25) is 11.8 Å². The van der Waals surface area contributed by atoms with E-state index in [1.165, 1.54) is 11.8 Å². The van der Waals surface area contributed by atoms with Crippen LogP contribution in [-0.2, 0) is 28.3 Å². The topological polar surface area (TPSA) is 49.4 Å². The highest BCUT2D eigenvalue weighted by molar-refractivity contribution is 7.99. The van der Waals surface area contributed by atoms with Gasteiger partial charge in [-0.15, -0.1) is 11.8 Å². The minimum absolute atomic E-state index is 0.0822. The monoisotopic (exact) mass is 568 g/mol. The van der Waals surface area contributed by atoms with E-state index in [1.54, 1.807) is 17.0 Å². The Hall–Kier alpha value is -2.47. The molecule has 1 saturated carbocycles. The molecule has 1 aliphatic rings. The van der Waals surface area contributed by atoms with Crippen LogP contribution in [0.2, 0.25) is 10.0 Å². The highest BCUT2D eigenvalue weighted by atomic mass is 35.5. The minimum atomic E-state index is -0.615. The van der Waals surface area contributed by atoms with E-state index in [0.29, 0.717) is 28.8 Å². The van der Waals surface area contributed by atoms with Crippen molar-refractivity contribution in [3.8, 4) is 0 Å². The Balaban J connectivity index is 1.57. The number of rotatable bonds is 11. The molecule has 1 fully saturated rings. The molecule has 38 heavy (non-hydrogen) atoms. The zero-order chi connectivity index (χ0) is 26.9. The normalized spacial score (nSPS) is 14.3. The van der Waals surface area contributed by atoms with Crippen LogP contribution < -0.4 is 5.32 Å². The van der Waals surface area contributed by atoms with Crippen LogP contribution >= 0.6 is 35.0 Å². The Labute approximate surface area is 240 Å². The zero-order valence-electron chi connectivity index (χ0n) is 21.7. The van der Waals surface area contributed by atoms with E-state index in [1.807, 2.05) is 67.6 Å². The largest absolute Gasteiger partial charge is 0.352 e. The molecular formula is C31H34Cl2N2O2S. The van der Waals surface area contributed by atoms with Crippen molar-refractivity contribution in [2.75, 3.05) is 5.75 Å². The summed E-state index contributed by atoms with van der Waals surface area (Å²) in [4.78, 5) is 29.3. The van der Waals surface area contributed by atoms with Crippen molar-refractivity contribution in [1.82, 2.24) is 10.2 Å². The van der Waals surface area contributed by atoms with Crippen molar-refractivity contribution in [1.29, 1.82) is 0 Å². The Morgan fingerprint density at radius 2 is 1.58 bits per heavy atom. The first-order valence-corrected chi connectivity index (χ1v) is 15.0. The van der Waals surface area contributed by atoms with Gasteiger partial charge in [0.15, 0.2) is 0 Å². The van der Waals surface area contributed by atoms with Gasteiger partial charge in [-0.05, 0) is 48.6 Å². The van der Waals surface area contributed by atoms with E-state index in [4.69, 9.17) is 23.2 Å². The molecule has 4 nitrogen and oxygen atoms in total. The minimum Gasteiger partial charge on any atom is -0.352 e. The molecule has 0 spiro atoms. The summed E-state index contributed by atoms with van der Waals surface area (Å²) < 4.78 is 0. The van der Waals surface area contributed by atoms with E-state index >= 15 is 0 Å². The van der Waals surface area contributed by atoms with Crippen LogP contribution in [0.1, 0.15) is 47.9 Å². The SMILES string of the molecule is Cc1ccc(CN(C(=O)CSCc2c(Cl)cccc2Cl)[C@H](Cc2ccccc2)C(=O)NC2CCCC2)cc1. The van der Waals surface area contributed by atoms with Gasteiger partial charge < -0.3 is 10.2 Å². The summed E-state index contributed by atoms with van der Waals surface area (Å²) in [5, 5.41) is 4.43. The second-order valence-electron chi connectivity index (χ2n) is 9.90. The van der Waals surface area contributed by atoms with E-state index in [-0.39, 0.29) is 23.6 Å². The highest BCUT2D eigenvalue weighted by Crippen LogP contribution is 2.29. The summed E-state index contributed by atoms with van der Waals surface area (Å²) in [6.07, 6.45) is 4.69. The average molecular weight is 570 g/mol. The molecule has 0 bridgehead atoms. The molecule has 0 radical (unpaired) electrons. The maximum absolute atomic E-state index is 13.8. The molecule has 2 amide bonds. The molecule has 0 aromatic heterocycles. The third-order valence-electron chi connectivity index (χ3n) is 6.98. The zero-order valence-corrected chi connectivity index (χ0v) is 24.0. The van der Waals surface area contributed by atoms with Crippen LogP contribution in [0.3, 0.4) is 0 Å². The van der Waals surface area contributed by atoms with Crippen LogP contribution in [0.5, 0.6) is 0 Å². The molecule has 3 aromatic rings. The van der Waals surface area contributed by atoms with E-state index in [9.17, 15) is 9.59 Å². The molecule has 1 aliphatic carbocycles. The van der Waals surface area contributed by atoms with Gasteiger partial charge >= 0.3 is 0 Å². The number of aryl methyl sites for hydroxylation is 1. The quantitative estimate of drug-likeness (QED) is 0.265. The molecule has 0 unspecified atom stereocenters. The fourth-order valence-corrected chi connectivity index (χ4v) is 6.45. The third-order valence-corrected chi connectivity index (χ3v) is 8.63. The molecule has 7 heteroatoms. The molecule has 0 aliphatic heterocycles. The Morgan fingerprint density at radius 3 is 2.24 bits per heavy atom. The van der Waals surface area contributed by atoms with E-state index in [0.717, 1.165) is 47.9 Å². The number of nitrogens with zero attached hydrogens (tertiary/aromatic N) is 1. The molecule has 200 valence electrons. The van der Waals surface area contributed by atoms with Crippen molar-refractivity contribution in [2.45, 2.75) is 63.4 Å². The predicted molar refractivity (Wildman–Crippen MR) is 159 cm³/mol. The second kappa shape index (κ2) is 14.1.